The van der Waals surface area contributed by atoms with Crippen molar-refractivity contribution < 1.29 is 14.6 Å². The molecule has 0 saturated heterocycles. The van der Waals surface area contributed by atoms with Crippen molar-refractivity contribution >= 4 is 33.1 Å². The molecular formula is C28H32N2O3S. The van der Waals surface area contributed by atoms with Crippen molar-refractivity contribution in [1.82, 2.24) is 4.57 Å². The maximum Gasteiger partial charge on any atom is 0.272 e. The van der Waals surface area contributed by atoms with Crippen LogP contribution in [-0.4, -0.2) is 21.7 Å². The van der Waals surface area contributed by atoms with E-state index in [-0.39, 0.29) is 5.91 Å². The molecule has 5 nitrogen and oxygen atoms in total. The number of aromatic hydroxyl groups is 1. The van der Waals surface area contributed by atoms with Gasteiger partial charge in [0.1, 0.15) is 17.2 Å². The summed E-state index contributed by atoms with van der Waals surface area (Å²) in [5.74, 6) is 1.94. The van der Waals surface area contributed by atoms with Crippen molar-refractivity contribution in [1.29, 1.82) is 0 Å². The van der Waals surface area contributed by atoms with Gasteiger partial charge in [0.05, 0.1) is 16.3 Å². The number of benzene rings is 2. The Morgan fingerprint density at radius 1 is 1.06 bits per heavy atom. The summed E-state index contributed by atoms with van der Waals surface area (Å²) in [6.07, 6.45) is 5.21. The molecule has 34 heavy (non-hydrogen) atoms. The average Bonchev–Trinajstić information content (AvgIpc) is 3.42. The summed E-state index contributed by atoms with van der Waals surface area (Å²) in [6, 6.07) is 18.7. The average molecular weight is 477 g/mol. The standard InChI is InChI=1S/C15H14N2OS.C13H18O2/c1-10-5-3-4-6-11(10)16-15(18)13-9-14-12(17(13)2)7-8-19-14;1-10-2-6-12(7-3-10)15-13-8-4-11(14)5-9-13/h3-9H,1-2H3,(H,16,18);4-5,8-10,12,14H,2-3,6-7H2,1H3. The summed E-state index contributed by atoms with van der Waals surface area (Å²) in [7, 11) is 1.92. The van der Waals surface area contributed by atoms with Gasteiger partial charge in [-0.25, -0.2) is 0 Å². The summed E-state index contributed by atoms with van der Waals surface area (Å²) < 4.78 is 8.91. The van der Waals surface area contributed by atoms with Gasteiger partial charge in [0.2, 0.25) is 0 Å². The highest BCUT2D eigenvalue weighted by Gasteiger charge is 2.19. The highest BCUT2D eigenvalue weighted by atomic mass is 32.1. The Hall–Kier alpha value is -3.25. The van der Waals surface area contributed by atoms with Gasteiger partial charge in [-0.1, -0.05) is 25.1 Å². The normalized spacial score (nSPS) is 17.6. The minimum atomic E-state index is -0.0693. The van der Waals surface area contributed by atoms with Crippen LogP contribution in [0, 0.1) is 12.8 Å². The number of phenolic OH excluding ortho intramolecular Hbond substituents is 1. The minimum absolute atomic E-state index is 0.0693. The Balaban J connectivity index is 0.000000166. The first-order chi connectivity index (χ1) is 16.4. The number of hydrogen-bond donors (Lipinski definition) is 2. The second-order valence-corrected chi connectivity index (χ2v) is 9.97. The Labute approximate surface area is 205 Å². The highest BCUT2D eigenvalue weighted by molar-refractivity contribution is 7.17. The molecule has 6 heteroatoms. The Kier molecular flexibility index (Phi) is 7.58. The number of amides is 1. The molecule has 0 atom stereocenters. The molecule has 0 bridgehead atoms. The van der Waals surface area contributed by atoms with Crippen LogP contribution in [0.4, 0.5) is 5.69 Å². The van der Waals surface area contributed by atoms with Crippen LogP contribution >= 0.6 is 11.3 Å². The smallest absolute Gasteiger partial charge is 0.272 e. The second kappa shape index (κ2) is 10.8. The summed E-state index contributed by atoms with van der Waals surface area (Å²) in [5.41, 5.74) is 3.70. The SMILES string of the molecule is CC1CCC(Oc2ccc(O)cc2)CC1.Cc1ccccc1NC(=O)c1cc2sccc2n1C. The molecule has 2 aromatic carbocycles. The molecule has 0 spiro atoms. The fourth-order valence-electron chi connectivity index (χ4n) is 4.23. The predicted octanol–water partition coefficient (Wildman–Crippen LogP) is 7.15. The number of aromatic nitrogens is 1. The number of nitrogens with one attached hydrogen (secondary N) is 1. The number of hydrogen-bond acceptors (Lipinski definition) is 4. The van der Waals surface area contributed by atoms with Crippen molar-refractivity contribution in [3.05, 3.63) is 77.3 Å². The Morgan fingerprint density at radius 3 is 2.44 bits per heavy atom. The van der Waals surface area contributed by atoms with Crippen LogP contribution < -0.4 is 10.1 Å². The molecule has 4 aromatic rings. The number of ether oxygens (including phenoxy) is 1. The van der Waals surface area contributed by atoms with Crippen molar-refractivity contribution in [2.45, 2.75) is 45.6 Å². The van der Waals surface area contributed by atoms with Gasteiger partial charge < -0.3 is 19.7 Å². The summed E-state index contributed by atoms with van der Waals surface area (Å²) in [4.78, 5) is 12.3. The molecule has 1 aliphatic rings. The van der Waals surface area contributed by atoms with Gasteiger partial charge in [-0.3, -0.25) is 4.79 Å². The lowest BCUT2D eigenvalue weighted by Gasteiger charge is -2.26. The second-order valence-electron chi connectivity index (χ2n) is 9.02. The molecule has 0 unspecified atom stereocenters. The zero-order chi connectivity index (χ0) is 24.1. The van der Waals surface area contributed by atoms with E-state index in [0.717, 1.165) is 46.0 Å². The van der Waals surface area contributed by atoms with Crippen LogP contribution in [0.5, 0.6) is 11.5 Å². The molecule has 1 amide bonds. The zero-order valence-electron chi connectivity index (χ0n) is 20.0. The fraction of sp³-hybridized carbons (Fsp3) is 0.321. The molecule has 2 N–H and O–H groups in total. The number of fused-ring (bicyclic) bond motifs is 1. The quantitative estimate of drug-likeness (QED) is 0.329. The monoisotopic (exact) mass is 476 g/mol. The highest BCUT2D eigenvalue weighted by Crippen LogP contribution is 2.28. The molecule has 0 aliphatic heterocycles. The van der Waals surface area contributed by atoms with Gasteiger partial charge in [0.25, 0.3) is 5.91 Å². The van der Waals surface area contributed by atoms with Gasteiger partial charge in [0.15, 0.2) is 0 Å². The summed E-state index contributed by atoms with van der Waals surface area (Å²) >= 11 is 1.65. The molecular weight excluding hydrogens is 444 g/mol. The van der Waals surface area contributed by atoms with E-state index >= 15 is 0 Å². The maximum atomic E-state index is 12.3. The van der Waals surface area contributed by atoms with E-state index in [1.54, 1.807) is 23.5 Å². The van der Waals surface area contributed by atoms with Crippen LogP contribution in [0.3, 0.4) is 0 Å². The van der Waals surface area contributed by atoms with Crippen LogP contribution in [0.25, 0.3) is 10.2 Å². The number of carbonyl (C=O) groups is 1. The van der Waals surface area contributed by atoms with Gasteiger partial charge in [-0.2, -0.15) is 0 Å². The van der Waals surface area contributed by atoms with Crippen molar-refractivity contribution in [2.75, 3.05) is 5.32 Å². The Bertz CT molecular complexity index is 1230. The van der Waals surface area contributed by atoms with Gasteiger partial charge >= 0.3 is 0 Å². The van der Waals surface area contributed by atoms with E-state index in [2.05, 4.69) is 12.2 Å². The van der Waals surface area contributed by atoms with Crippen molar-refractivity contribution in [3.8, 4) is 11.5 Å². The molecule has 1 saturated carbocycles. The number of para-hydroxylation sites is 1. The number of aryl methyl sites for hydroxylation is 2. The molecule has 2 aromatic heterocycles. The maximum absolute atomic E-state index is 12.3. The first-order valence-corrected chi connectivity index (χ1v) is 12.6. The topological polar surface area (TPSA) is 63.5 Å². The number of thiophene rings is 1. The van der Waals surface area contributed by atoms with Crippen molar-refractivity contribution in [3.63, 3.8) is 0 Å². The lowest BCUT2D eigenvalue weighted by molar-refractivity contribution is 0.101. The summed E-state index contributed by atoms with van der Waals surface area (Å²) in [5, 5.41) is 14.1. The van der Waals surface area contributed by atoms with E-state index < -0.39 is 0 Å². The number of nitrogens with zero attached hydrogens (tertiary/aromatic N) is 1. The molecule has 178 valence electrons. The largest absolute Gasteiger partial charge is 0.508 e. The molecule has 0 radical (unpaired) electrons. The predicted molar refractivity (Wildman–Crippen MR) is 140 cm³/mol. The lowest BCUT2D eigenvalue weighted by Crippen LogP contribution is -2.22. The zero-order valence-corrected chi connectivity index (χ0v) is 20.8. The molecule has 5 rings (SSSR count). The van der Waals surface area contributed by atoms with Crippen LogP contribution in [0.1, 0.15) is 48.7 Å². The number of carbonyl (C=O) groups excluding carboxylic acids is 1. The number of rotatable bonds is 4. The first kappa shape index (κ1) is 23.9. The summed E-state index contributed by atoms with van der Waals surface area (Å²) in [6.45, 7) is 4.29. The molecule has 2 heterocycles. The first-order valence-electron chi connectivity index (χ1n) is 11.8. The van der Waals surface area contributed by atoms with Gasteiger partial charge in [0, 0.05) is 12.7 Å². The van der Waals surface area contributed by atoms with Gasteiger partial charge in [-0.15, -0.1) is 11.3 Å². The van der Waals surface area contributed by atoms with Crippen LogP contribution in [0.15, 0.2) is 66.0 Å². The molecule has 1 aliphatic carbocycles. The number of phenols is 1. The van der Waals surface area contributed by atoms with Crippen LogP contribution in [0.2, 0.25) is 0 Å². The lowest BCUT2D eigenvalue weighted by atomic mass is 9.89. The third-order valence-electron chi connectivity index (χ3n) is 6.39. The van der Waals surface area contributed by atoms with Gasteiger partial charge in [-0.05, 0) is 91.9 Å². The third-order valence-corrected chi connectivity index (χ3v) is 7.25. The third kappa shape index (κ3) is 5.81. The minimum Gasteiger partial charge on any atom is -0.508 e. The van der Waals surface area contributed by atoms with E-state index in [1.165, 1.54) is 12.8 Å². The van der Waals surface area contributed by atoms with Crippen LogP contribution in [-0.2, 0) is 7.05 Å². The molecule has 1 fully saturated rings. The van der Waals surface area contributed by atoms with Crippen molar-refractivity contribution in [2.24, 2.45) is 13.0 Å². The number of anilines is 1. The fourth-order valence-corrected chi connectivity index (χ4v) is 5.08. The van der Waals surface area contributed by atoms with E-state index in [0.29, 0.717) is 17.5 Å². The van der Waals surface area contributed by atoms with E-state index in [1.807, 2.05) is 72.4 Å². The van der Waals surface area contributed by atoms with E-state index in [4.69, 9.17) is 9.84 Å². The van der Waals surface area contributed by atoms with E-state index in [9.17, 15) is 4.79 Å². The Morgan fingerprint density at radius 2 is 1.76 bits per heavy atom.